The highest BCUT2D eigenvalue weighted by Gasteiger charge is 2.04. The van der Waals surface area contributed by atoms with Crippen LogP contribution in [0, 0.1) is 0 Å². The Hall–Kier alpha value is 0.110. The summed E-state index contributed by atoms with van der Waals surface area (Å²) in [6, 6.07) is 0. The largest absolute Gasteiger partial charge is 0.306 e. The lowest BCUT2D eigenvalue weighted by Crippen LogP contribution is -2.24. The summed E-state index contributed by atoms with van der Waals surface area (Å²) in [7, 11) is 1.75. The molecule has 2 saturated heterocycles. The maximum atomic E-state index is 10.6. The van der Waals surface area contributed by atoms with Crippen LogP contribution in [0.4, 0.5) is 0 Å². The average Bonchev–Trinajstić information content (AvgIpc) is 2.21. The van der Waals surface area contributed by atoms with Gasteiger partial charge in [-0.2, -0.15) is 0 Å². The Morgan fingerprint density at radius 3 is 1.64 bits per heavy atom. The van der Waals surface area contributed by atoms with E-state index in [1.807, 2.05) is 0 Å². The van der Waals surface area contributed by atoms with Crippen LogP contribution in [0.2, 0.25) is 0 Å². The molecule has 2 rings (SSSR count). The van der Waals surface area contributed by atoms with Crippen molar-refractivity contribution in [1.29, 1.82) is 0 Å². The van der Waals surface area contributed by atoms with Gasteiger partial charge in [0.2, 0.25) is 0 Å². The Balaban J connectivity index is 0.000000140. The minimum atomic E-state index is -0.440. The topological polar surface area (TPSA) is 20.3 Å². The van der Waals surface area contributed by atoms with E-state index in [0.717, 1.165) is 11.5 Å². The van der Waals surface area contributed by atoms with E-state index in [4.69, 9.17) is 0 Å². The molecule has 0 aromatic carbocycles. The van der Waals surface area contributed by atoms with Crippen LogP contribution in [0.5, 0.6) is 0 Å². The lowest BCUT2D eigenvalue weighted by molar-refractivity contribution is 0.277. The highest BCUT2D eigenvalue weighted by molar-refractivity contribution is 7.85. The van der Waals surface area contributed by atoms with Crippen LogP contribution in [-0.2, 0) is 10.8 Å². The molecular formula is C11H23NOS. The van der Waals surface area contributed by atoms with Crippen LogP contribution < -0.4 is 0 Å². The van der Waals surface area contributed by atoms with E-state index in [9.17, 15) is 4.21 Å². The van der Waals surface area contributed by atoms with Crippen LogP contribution in [0.3, 0.4) is 0 Å². The van der Waals surface area contributed by atoms with Crippen LogP contribution >= 0.6 is 0 Å². The lowest BCUT2D eigenvalue weighted by Gasteiger charge is -2.20. The third kappa shape index (κ3) is 5.76. The third-order valence-electron chi connectivity index (χ3n) is 2.82. The van der Waals surface area contributed by atoms with Crippen molar-refractivity contribution in [2.75, 3.05) is 31.6 Å². The van der Waals surface area contributed by atoms with Crippen molar-refractivity contribution in [2.24, 2.45) is 0 Å². The van der Waals surface area contributed by atoms with E-state index in [1.165, 1.54) is 51.6 Å². The zero-order valence-electron chi connectivity index (χ0n) is 9.33. The summed E-state index contributed by atoms with van der Waals surface area (Å²) in [5, 5.41) is 0. The average molecular weight is 217 g/mol. The lowest BCUT2D eigenvalue weighted by atomic mass is 10.1. The van der Waals surface area contributed by atoms with Crippen molar-refractivity contribution >= 4 is 10.8 Å². The number of nitrogens with zero attached hydrogens (tertiary/aromatic N) is 1. The van der Waals surface area contributed by atoms with Gasteiger partial charge in [0.15, 0.2) is 0 Å². The van der Waals surface area contributed by atoms with E-state index in [1.54, 1.807) is 0 Å². The van der Waals surface area contributed by atoms with Crippen LogP contribution in [0.1, 0.15) is 38.5 Å². The number of hydrogen-bond donors (Lipinski definition) is 0. The normalized spacial score (nSPS) is 25.2. The maximum absolute atomic E-state index is 10.6. The molecule has 0 aromatic rings. The van der Waals surface area contributed by atoms with Gasteiger partial charge in [0.05, 0.1) is 0 Å². The molecule has 0 spiro atoms. The Bertz CT molecular complexity index is 159. The molecule has 2 aliphatic heterocycles. The van der Waals surface area contributed by atoms with Gasteiger partial charge in [-0.1, -0.05) is 12.8 Å². The summed E-state index contributed by atoms with van der Waals surface area (Å²) in [5.74, 6) is 1.92. The predicted octanol–water partition coefficient (Wildman–Crippen LogP) is 2.02. The molecule has 0 radical (unpaired) electrons. The summed E-state index contributed by atoms with van der Waals surface area (Å²) in [6.45, 7) is 2.64. The number of piperidine rings is 1. The van der Waals surface area contributed by atoms with Crippen molar-refractivity contribution in [1.82, 2.24) is 4.90 Å². The molecule has 3 heteroatoms. The van der Waals surface area contributed by atoms with Crippen LogP contribution in [-0.4, -0.2) is 40.8 Å². The predicted molar refractivity (Wildman–Crippen MR) is 63.1 cm³/mol. The fraction of sp³-hybridized carbons (Fsp3) is 1.00. The second-order valence-electron chi connectivity index (χ2n) is 4.27. The SMILES string of the molecule is CN1CCCCC1.O=S1CCCCC1. The number of rotatable bonds is 0. The quantitative estimate of drug-likeness (QED) is 0.619. The monoisotopic (exact) mass is 217 g/mol. The first kappa shape index (κ1) is 12.2. The van der Waals surface area contributed by atoms with E-state index < -0.39 is 10.8 Å². The summed E-state index contributed by atoms with van der Waals surface area (Å²) >= 11 is 0. The standard InChI is InChI=1S/C6H13N.C5H10OS/c1-7-5-3-2-4-6-7;6-7-4-2-1-3-5-7/h2-6H2,1H3;1-5H2. The van der Waals surface area contributed by atoms with Crippen molar-refractivity contribution in [3.05, 3.63) is 0 Å². The Kier molecular flexibility index (Phi) is 6.45. The minimum absolute atomic E-state index is 0.440. The third-order valence-corrected chi connectivity index (χ3v) is 4.31. The number of likely N-dealkylation sites (tertiary alicyclic amines) is 1. The van der Waals surface area contributed by atoms with Gasteiger partial charge >= 0.3 is 0 Å². The van der Waals surface area contributed by atoms with Gasteiger partial charge in [-0.15, -0.1) is 0 Å². The second kappa shape index (κ2) is 7.41. The zero-order chi connectivity index (χ0) is 10.2. The van der Waals surface area contributed by atoms with Crippen molar-refractivity contribution in [2.45, 2.75) is 38.5 Å². The summed E-state index contributed by atoms with van der Waals surface area (Å²) in [4.78, 5) is 2.39. The molecule has 84 valence electrons. The molecule has 0 saturated carbocycles. The van der Waals surface area contributed by atoms with Gasteiger partial charge in [0.25, 0.3) is 0 Å². The minimum Gasteiger partial charge on any atom is -0.306 e. The molecule has 0 amide bonds. The second-order valence-corrected chi connectivity index (χ2v) is 5.97. The van der Waals surface area contributed by atoms with Crippen LogP contribution in [0.25, 0.3) is 0 Å². The van der Waals surface area contributed by atoms with Gasteiger partial charge < -0.3 is 4.90 Å². The zero-order valence-corrected chi connectivity index (χ0v) is 10.2. The Morgan fingerprint density at radius 1 is 0.857 bits per heavy atom. The molecule has 0 aromatic heterocycles. The van der Waals surface area contributed by atoms with Gasteiger partial charge in [-0.05, 0) is 45.8 Å². The first-order valence-electron chi connectivity index (χ1n) is 5.82. The van der Waals surface area contributed by atoms with Crippen LogP contribution in [0.15, 0.2) is 0 Å². The molecule has 2 fully saturated rings. The maximum Gasteiger partial charge on any atom is 0.0234 e. The molecule has 2 nitrogen and oxygen atoms in total. The fourth-order valence-electron chi connectivity index (χ4n) is 1.86. The number of hydrogen-bond acceptors (Lipinski definition) is 2. The van der Waals surface area contributed by atoms with Crippen molar-refractivity contribution in [3.63, 3.8) is 0 Å². The molecule has 2 aliphatic rings. The molecule has 0 atom stereocenters. The highest BCUT2D eigenvalue weighted by Crippen LogP contribution is 2.06. The van der Waals surface area contributed by atoms with E-state index >= 15 is 0 Å². The molecular weight excluding hydrogens is 194 g/mol. The molecule has 0 N–H and O–H groups in total. The molecule has 0 aliphatic carbocycles. The van der Waals surface area contributed by atoms with Crippen molar-refractivity contribution < 1.29 is 4.21 Å². The summed E-state index contributed by atoms with van der Waals surface area (Å²) in [6.07, 6.45) is 7.95. The van der Waals surface area contributed by atoms with E-state index in [0.29, 0.717) is 0 Å². The fourth-order valence-corrected chi connectivity index (χ4v) is 3.11. The molecule has 0 bridgehead atoms. The first-order chi connectivity index (χ1) is 6.79. The molecule has 0 unspecified atom stereocenters. The van der Waals surface area contributed by atoms with Gasteiger partial charge in [0.1, 0.15) is 0 Å². The highest BCUT2D eigenvalue weighted by atomic mass is 32.2. The van der Waals surface area contributed by atoms with E-state index in [2.05, 4.69) is 11.9 Å². The van der Waals surface area contributed by atoms with E-state index in [-0.39, 0.29) is 0 Å². The first-order valence-corrected chi connectivity index (χ1v) is 7.31. The summed E-state index contributed by atoms with van der Waals surface area (Å²) in [5.41, 5.74) is 0. The molecule has 14 heavy (non-hydrogen) atoms. The van der Waals surface area contributed by atoms with Gasteiger partial charge in [-0.25, -0.2) is 0 Å². The summed E-state index contributed by atoms with van der Waals surface area (Å²) < 4.78 is 10.6. The van der Waals surface area contributed by atoms with Gasteiger partial charge in [-0.3, -0.25) is 4.21 Å². The Morgan fingerprint density at radius 2 is 1.36 bits per heavy atom. The molecule has 2 heterocycles. The van der Waals surface area contributed by atoms with Crippen molar-refractivity contribution in [3.8, 4) is 0 Å². The Labute approximate surface area is 90.5 Å². The smallest absolute Gasteiger partial charge is 0.0234 e. The van der Waals surface area contributed by atoms with Gasteiger partial charge in [0, 0.05) is 22.3 Å².